The molecule has 0 saturated carbocycles. The number of hydrogen-bond acceptors (Lipinski definition) is 5. The molecular weight excluding hydrogens is 320 g/mol. The highest BCUT2D eigenvalue weighted by atomic mass is 16.5. The molecule has 0 unspecified atom stereocenters. The lowest BCUT2D eigenvalue weighted by Gasteiger charge is -2.06. The van der Waals surface area contributed by atoms with E-state index in [0.717, 1.165) is 12.0 Å². The summed E-state index contributed by atoms with van der Waals surface area (Å²) in [5.41, 5.74) is 4.38. The summed E-state index contributed by atoms with van der Waals surface area (Å²) in [5, 5.41) is 3.92. The van der Waals surface area contributed by atoms with E-state index in [0.29, 0.717) is 17.2 Å². The van der Waals surface area contributed by atoms with Gasteiger partial charge in [0, 0.05) is 11.6 Å². The Bertz CT molecular complexity index is 704. The second kappa shape index (κ2) is 9.32. The highest BCUT2D eigenvalue weighted by Gasteiger charge is 2.03. The van der Waals surface area contributed by atoms with Crippen molar-refractivity contribution < 1.29 is 19.0 Å². The van der Waals surface area contributed by atoms with Crippen LogP contribution in [0.15, 0.2) is 47.6 Å². The Morgan fingerprint density at radius 1 is 1.04 bits per heavy atom. The first kappa shape index (κ1) is 18.3. The van der Waals surface area contributed by atoms with Crippen LogP contribution < -0.4 is 19.6 Å². The third kappa shape index (κ3) is 5.84. The van der Waals surface area contributed by atoms with Gasteiger partial charge in [0.15, 0.2) is 6.61 Å². The number of carbonyl (C=O) groups is 1. The number of hydrazone groups is 1. The smallest absolute Gasteiger partial charge is 0.277 e. The molecule has 0 aliphatic rings. The maximum Gasteiger partial charge on any atom is 0.277 e. The van der Waals surface area contributed by atoms with Crippen LogP contribution in [0.5, 0.6) is 17.2 Å². The van der Waals surface area contributed by atoms with Gasteiger partial charge in [0.25, 0.3) is 5.91 Å². The molecule has 0 saturated heterocycles. The molecule has 0 aliphatic heterocycles. The second-order valence-electron chi connectivity index (χ2n) is 5.23. The van der Waals surface area contributed by atoms with Crippen molar-refractivity contribution in [3.63, 3.8) is 0 Å². The van der Waals surface area contributed by atoms with Gasteiger partial charge in [-0.05, 0) is 36.2 Å². The molecule has 0 bridgehead atoms. The van der Waals surface area contributed by atoms with Crippen LogP contribution in [0.4, 0.5) is 0 Å². The van der Waals surface area contributed by atoms with Crippen molar-refractivity contribution in [2.24, 2.45) is 5.10 Å². The van der Waals surface area contributed by atoms with Gasteiger partial charge in [-0.15, -0.1) is 0 Å². The Kier molecular flexibility index (Phi) is 6.83. The number of carbonyl (C=O) groups excluding carboxylic acids is 1. The van der Waals surface area contributed by atoms with Gasteiger partial charge in [-0.1, -0.05) is 19.1 Å². The summed E-state index contributed by atoms with van der Waals surface area (Å²) in [5.74, 6) is 1.59. The molecule has 0 atom stereocenters. The van der Waals surface area contributed by atoms with Gasteiger partial charge < -0.3 is 14.2 Å². The molecule has 2 aromatic carbocycles. The van der Waals surface area contributed by atoms with E-state index in [9.17, 15) is 4.79 Å². The molecule has 1 N–H and O–H groups in total. The minimum absolute atomic E-state index is 0.107. The van der Waals surface area contributed by atoms with Crippen molar-refractivity contribution in [1.29, 1.82) is 0 Å². The first-order valence-corrected chi connectivity index (χ1v) is 7.91. The molecule has 2 aromatic rings. The molecule has 0 radical (unpaired) electrons. The summed E-state index contributed by atoms with van der Waals surface area (Å²) in [7, 11) is 3.14. The van der Waals surface area contributed by atoms with E-state index in [2.05, 4.69) is 17.5 Å². The van der Waals surface area contributed by atoms with E-state index in [1.807, 2.05) is 24.3 Å². The molecular formula is C19H22N2O4. The van der Waals surface area contributed by atoms with Crippen LogP contribution >= 0.6 is 0 Å². The molecule has 0 heterocycles. The zero-order chi connectivity index (χ0) is 18.1. The zero-order valence-corrected chi connectivity index (χ0v) is 14.6. The molecule has 132 valence electrons. The van der Waals surface area contributed by atoms with Gasteiger partial charge in [-0.3, -0.25) is 4.79 Å². The summed E-state index contributed by atoms with van der Waals surface area (Å²) in [6.45, 7) is 1.98. The fourth-order valence-electron chi connectivity index (χ4n) is 2.09. The SMILES string of the molecule is CCc1ccc(OCC(=O)N/N=C\c2cc(OC)cc(OC)c2)cc1. The Morgan fingerprint density at radius 3 is 2.24 bits per heavy atom. The van der Waals surface area contributed by atoms with E-state index in [-0.39, 0.29) is 12.5 Å². The van der Waals surface area contributed by atoms with Crippen molar-refractivity contribution in [2.75, 3.05) is 20.8 Å². The summed E-state index contributed by atoms with van der Waals surface area (Å²) >= 11 is 0. The number of rotatable bonds is 8. The predicted molar refractivity (Wildman–Crippen MR) is 96.6 cm³/mol. The maximum absolute atomic E-state index is 11.8. The Labute approximate surface area is 147 Å². The number of nitrogens with one attached hydrogen (secondary N) is 1. The number of methoxy groups -OCH3 is 2. The maximum atomic E-state index is 11.8. The van der Waals surface area contributed by atoms with Crippen molar-refractivity contribution in [2.45, 2.75) is 13.3 Å². The van der Waals surface area contributed by atoms with Crippen molar-refractivity contribution in [3.8, 4) is 17.2 Å². The minimum atomic E-state index is -0.342. The van der Waals surface area contributed by atoms with Gasteiger partial charge in [0.1, 0.15) is 17.2 Å². The normalized spacial score (nSPS) is 10.5. The monoisotopic (exact) mass is 342 g/mol. The summed E-state index contributed by atoms with van der Waals surface area (Å²) in [4.78, 5) is 11.8. The van der Waals surface area contributed by atoms with Gasteiger partial charge in [0.2, 0.25) is 0 Å². The predicted octanol–water partition coefficient (Wildman–Crippen LogP) is 2.80. The third-order valence-corrected chi connectivity index (χ3v) is 3.48. The van der Waals surface area contributed by atoms with Crippen LogP contribution in [0.3, 0.4) is 0 Å². The molecule has 25 heavy (non-hydrogen) atoms. The van der Waals surface area contributed by atoms with Gasteiger partial charge in [-0.25, -0.2) is 5.43 Å². The van der Waals surface area contributed by atoms with Crippen LogP contribution in [-0.4, -0.2) is 32.9 Å². The number of nitrogens with zero attached hydrogens (tertiary/aromatic N) is 1. The number of benzene rings is 2. The third-order valence-electron chi connectivity index (χ3n) is 3.48. The second-order valence-corrected chi connectivity index (χ2v) is 5.23. The average molecular weight is 342 g/mol. The van der Waals surface area contributed by atoms with E-state index >= 15 is 0 Å². The topological polar surface area (TPSA) is 69.2 Å². The Hall–Kier alpha value is -3.02. The van der Waals surface area contributed by atoms with Crippen LogP contribution in [0.2, 0.25) is 0 Å². The fourth-order valence-corrected chi connectivity index (χ4v) is 2.09. The molecule has 0 aliphatic carbocycles. The summed E-state index contributed by atoms with van der Waals surface area (Å²) in [6.07, 6.45) is 2.48. The van der Waals surface area contributed by atoms with Gasteiger partial charge in [-0.2, -0.15) is 5.10 Å². The molecule has 6 heteroatoms. The van der Waals surface area contributed by atoms with Crippen molar-refractivity contribution >= 4 is 12.1 Å². The number of amides is 1. The highest BCUT2D eigenvalue weighted by molar-refractivity contribution is 5.83. The summed E-state index contributed by atoms with van der Waals surface area (Å²) in [6, 6.07) is 13.0. The largest absolute Gasteiger partial charge is 0.497 e. The molecule has 6 nitrogen and oxygen atoms in total. The lowest BCUT2D eigenvalue weighted by molar-refractivity contribution is -0.123. The Balaban J connectivity index is 1.85. The first-order valence-electron chi connectivity index (χ1n) is 7.91. The zero-order valence-electron chi connectivity index (χ0n) is 14.6. The van der Waals surface area contributed by atoms with Crippen molar-refractivity contribution in [1.82, 2.24) is 5.43 Å². The quantitative estimate of drug-likeness (QED) is 0.592. The van der Waals surface area contributed by atoms with E-state index < -0.39 is 0 Å². The van der Waals surface area contributed by atoms with Crippen LogP contribution in [0.25, 0.3) is 0 Å². The van der Waals surface area contributed by atoms with Crippen LogP contribution in [-0.2, 0) is 11.2 Å². The van der Waals surface area contributed by atoms with E-state index in [1.165, 1.54) is 11.8 Å². The molecule has 1 amide bonds. The Morgan fingerprint density at radius 2 is 1.68 bits per heavy atom. The first-order chi connectivity index (χ1) is 12.1. The lowest BCUT2D eigenvalue weighted by Crippen LogP contribution is -2.24. The number of hydrogen-bond donors (Lipinski definition) is 1. The molecule has 0 aromatic heterocycles. The molecule has 0 spiro atoms. The average Bonchev–Trinajstić information content (AvgIpc) is 2.66. The highest BCUT2D eigenvalue weighted by Crippen LogP contribution is 2.21. The molecule has 0 fully saturated rings. The molecule has 2 rings (SSSR count). The number of aryl methyl sites for hydroxylation is 1. The minimum Gasteiger partial charge on any atom is -0.497 e. The van der Waals surface area contributed by atoms with Crippen LogP contribution in [0.1, 0.15) is 18.1 Å². The van der Waals surface area contributed by atoms with E-state index in [1.54, 1.807) is 32.4 Å². The van der Waals surface area contributed by atoms with Gasteiger partial charge >= 0.3 is 0 Å². The number of ether oxygens (including phenoxy) is 3. The van der Waals surface area contributed by atoms with Gasteiger partial charge in [0.05, 0.1) is 20.4 Å². The standard InChI is InChI=1S/C19H22N2O4/c1-4-14-5-7-16(8-6-14)25-13-19(22)21-20-12-15-9-17(23-2)11-18(10-15)24-3/h5-12H,4,13H2,1-3H3,(H,21,22)/b20-12-. The van der Waals surface area contributed by atoms with E-state index in [4.69, 9.17) is 14.2 Å². The summed E-state index contributed by atoms with van der Waals surface area (Å²) < 4.78 is 15.8. The van der Waals surface area contributed by atoms with Crippen LogP contribution in [0, 0.1) is 0 Å². The van der Waals surface area contributed by atoms with Crippen molar-refractivity contribution in [3.05, 3.63) is 53.6 Å². The lowest BCUT2D eigenvalue weighted by atomic mass is 10.2. The fraction of sp³-hybridized carbons (Fsp3) is 0.263.